The molecule has 3 aliphatic heterocycles. The van der Waals surface area contributed by atoms with Gasteiger partial charge in [0, 0.05) is 11.4 Å². The number of aliphatic hydroxyl groups is 1. The largest absolute Gasteiger partial charge is 0.466 e. The van der Waals surface area contributed by atoms with Gasteiger partial charge in [0.15, 0.2) is 0 Å². The lowest BCUT2D eigenvalue weighted by Crippen LogP contribution is -2.59. The van der Waals surface area contributed by atoms with Crippen molar-refractivity contribution in [3.8, 4) is 0 Å². The maximum absolute atomic E-state index is 14.6. The number of hydrogen-bond acceptors (Lipinski definition) is 8. The fourth-order valence-electron chi connectivity index (χ4n) is 6.80. The predicted molar refractivity (Wildman–Crippen MR) is 149 cm³/mol. The van der Waals surface area contributed by atoms with Crippen molar-refractivity contribution < 1.29 is 29.0 Å². The number of carbonyl (C=O) groups excluding carboxylic acids is 3. The van der Waals surface area contributed by atoms with E-state index in [1.54, 1.807) is 22.6 Å². The van der Waals surface area contributed by atoms with Crippen LogP contribution in [-0.2, 0) is 30.5 Å². The van der Waals surface area contributed by atoms with Gasteiger partial charge in [-0.15, -0.1) is 11.7 Å². The minimum absolute atomic E-state index is 0.0705. The first-order valence-electron chi connectivity index (χ1n) is 13.8. The summed E-state index contributed by atoms with van der Waals surface area (Å²) in [5.41, 5.74) is 0.201. The molecule has 4 heterocycles. The van der Waals surface area contributed by atoms with Gasteiger partial charge in [0.1, 0.15) is 23.8 Å². The van der Waals surface area contributed by atoms with E-state index in [2.05, 4.69) is 32.8 Å². The monoisotopic (exact) mass is 617 g/mol. The standard InChI is InChI=1S/C28H36BrN5O6/c1-5-11-32(15-33-20-10-8-7-9-19(20)30-31-33)26(37)24-28-13-18(29)23(40-28)21(27(38)39-6-2)22(28)25(36)34(24)17(14-35)12-16(3)4/h5,7-10,16-18,21-24,35H,1,6,11-15H2,2-4H3/t17-,18?,21+,22+,23+,24?,28?/m1/s1. The Balaban J connectivity index is 1.58. The lowest BCUT2D eigenvalue weighted by molar-refractivity contribution is -0.156. The number of carbonyl (C=O) groups is 3. The van der Waals surface area contributed by atoms with Gasteiger partial charge in [-0.05, 0) is 37.8 Å². The molecule has 0 saturated carbocycles. The fourth-order valence-corrected chi connectivity index (χ4v) is 7.74. The van der Waals surface area contributed by atoms with Gasteiger partial charge in [-0.1, -0.05) is 53.2 Å². The zero-order valence-corrected chi connectivity index (χ0v) is 24.6. The molecule has 0 radical (unpaired) electrons. The number of para-hydroxylation sites is 1. The number of alkyl halides is 1. The van der Waals surface area contributed by atoms with Crippen LogP contribution >= 0.6 is 15.9 Å². The molecule has 2 amide bonds. The van der Waals surface area contributed by atoms with Crippen molar-refractivity contribution in [3.63, 3.8) is 0 Å². The van der Waals surface area contributed by atoms with E-state index in [1.165, 1.54) is 4.90 Å². The van der Waals surface area contributed by atoms with E-state index < -0.39 is 41.6 Å². The summed E-state index contributed by atoms with van der Waals surface area (Å²) in [6.07, 6.45) is 1.86. The molecule has 216 valence electrons. The van der Waals surface area contributed by atoms with Gasteiger partial charge in [-0.3, -0.25) is 14.4 Å². The average Bonchev–Trinajstić information content (AvgIpc) is 3.64. The highest BCUT2D eigenvalue weighted by molar-refractivity contribution is 9.09. The van der Waals surface area contributed by atoms with Crippen LogP contribution in [0.15, 0.2) is 36.9 Å². The van der Waals surface area contributed by atoms with Gasteiger partial charge >= 0.3 is 5.97 Å². The molecule has 1 aromatic carbocycles. The second-order valence-corrected chi connectivity index (χ2v) is 12.4. The van der Waals surface area contributed by atoms with Crippen molar-refractivity contribution in [1.29, 1.82) is 0 Å². The Morgan fingerprint density at radius 1 is 1.38 bits per heavy atom. The second kappa shape index (κ2) is 11.2. The van der Waals surface area contributed by atoms with Gasteiger partial charge in [-0.2, -0.15) is 0 Å². The molecule has 5 rings (SSSR count). The normalized spacial score (nSPS) is 29.7. The number of fused-ring (bicyclic) bond motifs is 2. The van der Waals surface area contributed by atoms with Gasteiger partial charge in [-0.25, -0.2) is 4.68 Å². The second-order valence-electron chi connectivity index (χ2n) is 11.2. The summed E-state index contributed by atoms with van der Waals surface area (Å²) in [5.74, 6) is -2.82. The van der Waals surface area contributed by atoms with Crippen molar-refractivity contribution in [2.24, 2.45) is 17.8 Å². The molecule has 40 heavy (non-hydrogen) atoms. The maximum Gasteiger partial charge on any atom is 0.312 e. The molecule has 3 unspecified atom stereocenters. The van der Waals surface area contributed by atoms with Crippen LogP contribution in [0.1, 0.15) is 33.6 Å². The first-order valence-corrected chi connectivity index (χ1v) is 14.7. The van der Waals surface area contributed by atoms with Crippen LogP contribution in [0.4, 0.5) is 0 Å². The number of aromatic nitrogens is 3. The number of aliphatic hydroxyl groups excluding tert-OH is 1. The van der Waals surface area contributed by atoms with E-state index in [0.717, 1.165) is 5.52 Å². The summed E-state index contributed by atoms with van der Waals surface area (Å²) in [5, 5.41) is 18.9. The fraction of sp³-hybridized carbons (Fsp3) is 0.607. The van der Waals surface area contributed by atoms with Crippen molar-refractivity contribution in [2.45, 2.75) is 68.9 Å². The first kappa shape index (κ1) is 28.7. The number of esters is 1. The van der Waals surface area contributed by atoms with Crippen LogP contribution in [0.3, 0.4) is 0 Å². The quantitative estimate of drug-likeness (QED) is 0.231. The number of nitrogens with zero attached hydrogens (tertiary/aromatic N) is 5. The van der Waals surface area contributed by atoms with Crippen LogP contribution in [0.5, 0.6) is 0 Å². The highest BCUT2D eigenvalue weighted by Gasteiger charge is 2.77. The lowest BCUT2D eigenvalue weighted by Gasteiger charge is -2.39. The van der Waals surface area contributed by atoms with Crippen molar-refractivity contribution in [1.82, 2.24) is 24.8 Å². The molecule has 1 N–H and O–H groups in total. The topological polar surface area (TPSA) is 127 Å². The molecular formula is C28H36BrN5O6. The van der Waals surface area contributed by atoms with E-state index >= 15 is 0 Å². The molecule has 3 fully saturated rings. The van der Waals surface area contributed by atoms with Crippen LogP contribution in [0, 0.1) is 17.8 Å². The van der Waals surface area contributed by atoms with Crippen molar-refractivity contribution >= 4 is 44.7 Å². The van der Waals surface area contributed by atoms with Gasteiger partial charge < -0.3 is 24.4 Å². The van der Waals surface area contributed by atoms with E-state index in [0.29, 0.717) is 18.4 Å². The number of halogens is 1. The highest BCUT2D eigenvalue weighted by Crippen LogP contribution is 2.60. The number of ether oxygens (including phenoxy) is 2. The van der Waals surface area contributed by atoms with Crippen LogP contribution < -0.4 is 0 Å². The molecular weight excluding hydrogens is 582 g/mol. The number of likely N-dealkylation sites (tertiary alicyclic amines) is 1. The first-order chi connectivity index (χ1) is 19.2. The molecule has 2 bridgehead atoms. The van der Waals surface area contributed by atoms with E-state index in [1.807, 2.05) is 38.1 Å². The Hall–Kier alpha value is -2.83. The number of benzene rings is 1. The third-order valence-electron chi connectivity index (χ3n) is 8.25. The molecule has 1 aromatic heterocycles. The third kappa shape index (κ3) is 4.53. The predicted octanol–water partition coefficient (Wildman–Crippen LogP) is 2.12. The summed E-state index contributed by atoms with van der Waals surface area (Å²) in [6, 6.07) is 5.77. The van der Waals surface area contributed by atoms with Crippen LogP contribution in [0.25, 0.3) is 11.0 Å². The molecule has 12 heteroatoms. The summed E-state index contributed by atoms with van der Waals surface area (Å²) in [4.78, 5) is 44.9. The minimum Gasteiger partial charge on any atom is -0.466 e. The van der Waals surface area contributed by atoms with Crippen molar-refractivity contribution in [3.05, 3.63) is 36.9 Å². The highest BCUT2D eigenvalue weighted by atomic mass is 79.9. The average molecular weight is 619 g/mol. The Morgan fingerprint density at radius 3 is 2.80 bits per heavy atom. The van der Waals surface area contributed by atoms with Crippen LogP contribution in [-0.4, -0.2) is 96.1 Å². The summed E-state index contributed by atoms with van der Waals surface area (Å²) in [7, 11) is 0. The molecule has 0 aliphatic carbocycles. The summed E-state index contributed by atoms with van der Waals surface area (Å²) < 4.78 is 13.5. The van der Waals surface area contributed by atoms with Crippen molar-refractivity contribution in [2.75, 3.05) is 19.8 Å². The Morgan fingerprint density at radius 2 is 2.12 bits per heavy atom. The number of rotatable bonds is 11. The third-order valence-corrected chi connectivity index (χ3v) is 9.10. The zero-order valence-electron chi connectivity index (χ0n) is 23.0. The lowest BCUT2D eigenvalue weighted by atomic mass is 9.70. The Kier molecular flexibility index (Phi) is 8.04. The SMILES string of the molecule is C=CCN(Cn1nnc2ccccc21)C(=O)C1N([C@@H](CO)CC(C)C)C(=O)[C@@H]2[C@H](C(=O)OCC)[C@H]3OC12CC3Br. The van der Waals surface area contributed by atoms with Gasteiger partial charge in [0.2, 0.25) is 11.8 Å². The molecule has 3 aliphatic rings. The maximum atomic E-state index is 14.6. The molecule has 3 saturated heterocycles. The smallest absolute Gasteiger partial charge is 0.312 e. The van der Waals surface area contributed by atoms with Crippen LogP contribution in [0.2, 0.25) is 0 Å². The van der Waals surface area contributed by atoms with E-state index in [9.17, 15) is 19.5 Å². The zero-order chi connectivity index (χ0) is 28.8. The number of amides is 2. The minimum atomic E-state index is -1.25. The summed E-state index contributed by atoms with van der Waals surface area (Å²) >= 11 is 3.67. The Labute approximate surface area is 241 Å². The van der Waals surface area contributed by atoms with E-state index in [-0.39, 0.29) is 49.0 Å². The van der Waals surface area contributed by atoms with Gasteiger partial charge in [0.25, 0.3) is 0 Å². The molecule has 2 aromatic rings. The summed E-state index contributed by atoms with van der Waals surface area (Å²) in [6.45, 7) is 9.65. The molecule has 7 atom stereocenters. The molecule has 1 spiro atoms. The van der Waals surface area contributed by atoms with Gasteiger partial charge in [0.05, 0.1) is 42.7 Å². The van der Waals surface area contributed by atoms with E-state index in [4.69, 9.17) is 9.47 Å². The number of hydrogen-bond donors (Lipinski definition) is 1. The Bertz CT molecular complexity index is 1300. The molecule has 11 nitrogen and oxygen atoms in total.